The number of nitrogens with zero attached hydrogens (tertiary/aromatic N) is 2. The van der Waals surface area contributed by atoms with E-state index < -0.39 is 16.9 Å². The Balaban J connectivity index is 2.01. The lowest BCUT2D eigenvalue weighted by atomic mass is 10.2. The van der Waals surface area contributed by atoms with Crippen molar-refractivity contribution < 1.29 is 14.5 Å². The summed E-state index contributed by atoms with van der Waals surface area (Å²) in [6.07, 6.45) is 3.21. The summed E-state index contributed by atoms with van der Waals surface area (Å²) in [4.78, 5) is 33.0. The lowest BCUT2D eigenvalue weighted by Crippen LogP contribution is -2.22. The van der Waals surface area contributed by atoms with E-state index in [1.165, 1.54) is 18.2 Å². The van der Waals surface area contributed by atoms with Gasteiger partial charge < -0.3 is 9.88 Å². The number of non-ortho nitro benzene ring substituents is 1. The second kappa shape index (κ2) is 5.17. The topological polar surface area (TPSA) is 106 Å². The van der Waals surface area contributed by atoms with Crippen LogP contribution in [0.5, 0.6) is 0 Å². The van der Waals surface area contributed by atoms with Crippen LogP contribution in [0.1, 0.15) is 5.69 Å². The molecular formula is C14H10N4O4. The summed E-state index contributed by atoms with van der Waals surface area (Å²) in [5, 5.41) is 15.3. The fourth-order valence-corrected chi connectivity index (χ4v) is 2.13. The molecule has 2 heterocycles. The Bertz CT molecular complexity index is 822. The molecule has 1 aromatic carbocycles. The van der Waals surface area contributed by atoms with Gasteiger partial charge in [0.25, 0.3) is 11.6 Å². The number of nitrogens with one attached hydrogen (secondary N) is 2. The van der Waals surface area contributed by atoms with Gasteiger partial charge in [0.05, 0.1) is 10.6 Å². The van der Waals surface area contributed by atoms with Crippen LogP contribution in [-0.2, 0) is 4.79 Å². The second-order valence-electron chi connectivity index (χ2n) is 4.55. The third-order valence-corrected chi connectivity index (χ3v) is 3.11. The van der Waals surface area contributed by atoms with Gasteiger partial charge in [0.2, 0.25) is 0 Å². The van der Waals surface area contributed by atoms with Gasteiger partial charge >= 0.3 is 6.03 Å². The lowest BCUT2D eigenvalue weighted by molar-refractivity contribution is -0.384. The predicted octanol–water partition coefficient (Wildman–Crippen LogP) is 1.57. The third-order valence-electron chi connectivity index (χ3n) is 3.11. The molecule has 0 unspecified atom stereocenters. The molecule has 0 bridgehead atoms. The highest BCUT2D eigenvalue weighted by atomic mass is 16.6. The molecule has 0 spiro atoms. The van der Waals surface area contributed by atoms with Gasteiger partial charge in [-0.1, -0.05) is 6.07 Å². The van der Waals surface area contributed by atoms with Crippen molar-refractivity contribution in [3.63, 3.8) is 0 Å². The molecule has 3 amide bonds. The van der Waals surface area contributed by atoms with Gasteiger partial charge in [0.15, 0.2) is 0 Å². The van der Waals surface area contributed by atoms with Gasteiger partial charge in [-0.15, -0.1) is 0 Å². The Labute approximate surface area is 124 Å². The summed E-state index contributed by atoms with van der Waals surface area (Å²) in [5.74, 6) is -0.517. The molecule has 2 aromatic rings. The molecule has 0 radical (unpaired) electrons. The minimum Gasteiger partial charge on any atom is -0.317 e. The van der Waals surface area contributed by atoms with E-state index in [4.69, 9.17) is 0 Å². The van der Waals surface area contributed by atoms with Crippen LogP contribution in [0.15, 0.2) is 48.3 Å². The molecule has 2 N–H and O–H groups in total. The average Bonchev–Trinajstić information content (AvgIpc) is 3.06. The second-order valence-corrected chi connectivity index (χ2v) is 4.55. The smallest absolute Gasteiger partial charge is 0.317 e. The number of nitro groups is 1. The van der Waals surface area contributed by atoms with Crippen LogP contribution in [0.25, 0.3) is 11.8 Å². The van der Waals surface area contributed by atoms with E-state index in [9.17, 15) is 19.7 Å². The summed E-state index contributed by atoms with van der Waals surface area (Å²) < 4.78 is 1.68. The summed E-state index contributed by atoms with van der Waals surface area (Å²) in [6.45, 7) is 0. The van der Waals surface area contributed by atoms with E-state index in [1.54, 1.807) is 35.0 Å². The average molecular weight is 298 g/mol. The number of carbonyl (C=O) groups is 2. The maximum atomic E-state index is 11.5. The highest BCUT2D eigenvalue weighted by Crippen LogP contribution is 2.20. The molecule has 8 heteroatoms. The summed E-state index contributed by atoms with van der Waals surface area (Å²) >= 11 is 0. The normalized spacial score (nSPS) is 15.7. The van der Waals surface area contributed by atoms with Crippen molar-refractivity contribution in [3.8, 4) is 5.69 Å². The summed E-state index contributed by atoms with van der Waals surface area (Å²) in [5.41, 5.74) is 1.27. The molecule has 110 valence electrons. The minimum absolute atomic E-state index is 0.0308. The fraction of sp³-hybridized carbons (Fsp3) is 0. The Hall–Kier alpha value is -3.42. The monoisotopic (exact) mass is 298 g/mol. The highest BCUT2D eigenvalue weighted by Gasteiger charge is 2.23. The van der Waals surface area contributed by atoms with Gasteiger partial charge in [0, 0.05) is 24.0 Å². The molecule has 0 atom stereocenters. The molecule has 22 heavy (non-hydrogen) atoms. The van der Waals surface area contributed by atoms with E-state index in [0.717, 1.165) is 0 Å². The van der Waals surface area contributed by atoms with Crippen LogP contribution >= 0.6 is 0 Å². The lowest BCUT2D eigenvalue weighted by Gasteiger charge is -2.06. The standard InChI is InChI=1S/C14H10N4O4/c19-13-12(15-14(20)16-13)8-10-5-2-6-17(10)9-3-1-4-11(7-9)18(21)22/h1-8H,(H2,15,16,19,20)/b12-8-. The van der Waals surface area contributed by atoms with E-state index in [1.807, 2.05) is 0 Å². The number of rotatable bonds is 3. The number of urea groups is 1. The number of hydrogen-bond acceptors (Lipinski definition) is 4. The van der Waals surface area contributed by atoms with Crippen LogP contribution in [0.3, 0.4) is 0 Å². The van der Waals surface area contributed by atoms with Gasteiger partial charge in [0.1, 0.15) is 5.70 Å². The first-order valence-corrected chi connectivity index (χ1v) is 6.31. The molecule has 0 aliphatic carbocycles. The van der Waals surface area contributed by atoms with Crippen LogP contribution in [0.4, 0.5) is 10.5 Å². The zero-order valence-corrected chi connectivity index (χ0v) is 11.1. The molecule has 3 rings (SSSR count). The molecule has 1 aliphatic heterocycles. The molecule has 1 aromatic heterocycles. The van der Waals surface area contributed by atoms with Crippen LogP contribution in [-0.4, -0.2) is 21.4 Å². The number of carbonyl (C=O) groups excluding carboxylic acids is 2. The Kier molecular flexibility index (Phi) is 3.18. The quantitative estimate of drug-likeness (QED) is 0.388. The predicted molar refractivity (Wildman–Crippen MR) is 77.1 cm³/mol. The molecule has 1 aliphatic rings. The Morgan fingerprint density at radius 1 is 1.14 bits per heavy atom. The largest absolute Gasteiger partial charge is 0.326 e. The Morgan fingerprint density at radius 3 is 2.64 bits per heavy atom. The molecule has 1 fully saturated rings. The van der Waals surface area contributed by atoms with E-state index >= 15 is 0 Å². The molecule has 0 saturated carbocycles. The number of benzene rings is 1. The van der Waals surface area contributed by atoms with Crippen LogP contribution < -0.4 is 10.6 Å². The van der Waals surface area contributed by atoms with Gasteiger partial charge in [-0.05, 0) is 24.3 Å². The minimum atomic E-state index is -0.579. The van der Waals surface area contributed by atoms with Crippen molar-refractivity contribution in [2.24, 2.45) is 0 Å². The number of nitro benzene ring substituents is 1. The number of aromatic nitrogens is 1. The van der Waals surface area contributed by atoms with Crippen LogP contribution in [0, 0.1) is 10.1 Å². The maximum absolute atomic E-state index is 11.5. The summed E-state index contributed by atoms with van der Waals surface area (Å²) in [7, 11) is 0. The first kappa shape index (κ1) is 13.6. The highest BCUT2D eigenvalue weighted by molar-refractivity contribution is 6.13. The van der Waals surface area contributed by atoms with E-state index in [-0.39, 0.29) is 11.4 Å². The van der Waals surface area contributed by atoms with Gasteiger partial charge in [-0.2, -0.15) is 0 Å². The van der Waals surface area contributed by atoms with Crippen molar-refractivity contribution >= 4 is 23.7 Å². The first-order valence-electron chi connectivity index (χ1n) is 6.31. The third kappa shape index (κ3) is 2.44. The van der Waals surface area contributed by atoms with Crippen LogP contribution in [0.2, 0.25) is 0 Å². The van der Waals surface area contributed by atoms with Crippen molar-refractivity contribution in [2.45, 2.75) is 0 Å². The SMILES string of the molecule is O=C1NC(=O)/C(=C/c2cccn2-c2cccc([N+](=O)[O-])c2)N1. The molecular weight excluding hydrogens is 288 g/mol. The van der Waals surface area contributed by atoms with Crippen molar-refractivity contribution in [3.05, 3.63) is 64.1 Å². The first-order chi connectivity index (χ1) is 10.5. The zero-order chi connectivity index (χ0) is 15.7. The van der Waals surface area contributed by atoms with Crippen molar-refractivity contribution in [1.82, 2.24) is 15.2 Å². The molecule has 8 nitrogen and oxygen atoms in total. The van der Waals surface area contributed by atoms with Gasteiger partial charge in [-0.25, -0.2) is 4.79 Å². The van der Waals surface area contributed by atoms with Crippen molar-refractivity contribution in [2.75, 3.05) is 0 Å². The maximum Gasteiger partial charge on any atom is 0.326 e. The van der Waals surface area contributed by atoms with E-state index in [0.29, 0.717) is 11.4 Å². The zero-order valence-electron chi connectivity index (χ0n) is 11.1. The Morgan fingerprint density at radius 2 is 1.95 bits per heavy atom. The summed E-state index contributed by atoms with van der Waals surface area (Å²) in [6, 6.07) is 9.00. The molecule has 1 saturated heterocycles. The number of hydrogen-bond donors (Lipinski definition) is 2. The number of imide groups is 1. The number of amides is 3. The fourth-order valence-electron chi connectivity index (χ4n) is 2.13. The van der Waals surface area contributed by atoms with Gasteiger partial charge in [-0.3, -0.25) is 20.2 Å². The van der Waals surface area contributed by atoms with Crippen molar-refractivity contribution in [1.29, 1.82) is 0 Å². The van der Waals surface area contributed by atoms with E-state index in [2.05, 4.69) is 10.6 Å².